The summed E-state index contributed by atoms with van der Waals surface area (Å²) in [5.41, 5.74) is 1.97. The average Bonchev–Trinajstić information content (AvgIpc) is 2.78. The number of carbonyl (C=O) groups is 1. The summed E-state index contributed by atoms with van der Waals surface area (Å²) in [6.45, 7) is 8.38. The number of ketones is 1. The van der Waals surface area contributed by atoms with Crippen LogP contribution in [0, 0.1) is 11.8 Å². The maximum absolute atomic E-state index is 11.6. The Morgan fingerprint density at radius 3 is 2.65 bits per heavy atom. The molecule has 1 heterocycles. The zero-order valence-electron chi connectivity index (χ0n) is 10.9. The normalized spacial score (nSPS) is 20.0. The zero-order valence-corrected chi connectivity index (χ0v) is 10.9. The van der Waals surface area contributed by atoms with E-state index in [0.29, 0.717) is 0 Å². The monoisotopic (exact) mass is 231 g/mol. The molecule has 2 nitrogen and oxygen atoms in total. The van der Waals surface area contributed by atoms with E-state index in [1.54, 1.807) is 6.92 Å². The maximum Gasteiger partial charge on any atom is 0.161 e. The fourth-order valence-electron chi connectivity index (χ4n) is 2.60. The molecule has 1 aromatic rings. The van der Waals surface area contributed by atoms with E-state index < -0.39 is 0 Å². The summed E-state index contributed by atoms with van der Waals surface area (Å²) >= 11 is 0. The van der Waals surface area contributed by atoms with Crippen molar-refractivity contribution in [2.75, 3.05) is 18.0 Å². The minimum Gasteiger partial charge on any atom is -0.371 e. The molecule has 1 atom stereocenters. The van der Waals surface area contributed by atoms with E-state index in [0.717, 1.165) is 36.2 Å². The lowest BCUT2D eigenvalue weighted by Crippen LogP contribution is -2.23. The third kappa shape index (κ3) is 2.51. The third-order valence-electron chi connectivity index (χ3n) is 3.79. The van der Waals surface area contributed by atoms with Gasteiger partial charge in [-0.25, -0.2) is 0 Å². The van der Waals surface area contributed by atoms with Crippen molar-refractivity contribution in [3.63, 3.8) is 0 Å². The molecule has 0 aliphatic carbocycles. The van der Waals surface area contributed by atoms with Gasteiger partial charge in [-0.15, -0.1) is 0 Å². The van der Waals surface area contributed by atoms with Crippen LogP contribution in [-0.2, 0) is 0 Å². The third-order valence-corrected chi connectivity index (χ3v) is 3.79. The van der Waals surface area contributed by atoms with Crippen molar-refractivity contribution < 1.29 is 4.79 Å². The van der Waals surface area contributed by atoms with E-state index in [1.165, 1.54) is 6.42 Å². The molecule has 17 heavy (non-hydrogen) atoms. The molecule has 92 valence electrons. The van der Waals surface area contributed by atoms with Crippen molar-refractivity contribution >= 4 is 11.5 Å². The molecule has 0 N–H and O–H groups in total. The molecule has 0 saturated carbocycles. The molecule has 1 aromatic carbocycles. The van der Waals surface area contributed by atoms with Crippen molar-refractivity contribution in [3.05, 3.63) is 29.8 Å². The number of rotatable bonds is 3. The van der Waals surface area contributed by atoms with Crippen LogP contribution in [0.15, 0.2) is 24.3 Å². The molecule has 2 heteroatoms. The van der Waals surface area contributed by atoms with Crippen LogP contribution in [0.5, 0.6) is 0 Å². The molecular formula is C15H21NO. The number of benzene rings is 1. The number of anilines is 1. The first kappa shape index (κ1) is 12.2. The Balaban J connectivity index is 2.21. The van der Waals surface area contributed by atoms with Gasteiger partial charge >= 0.3 is 0 Å². The molecule has 1 unspecified atom stereocenters. The lowest BCUT2D eigenvalue weighted by atomic mass is 9.95. The van der Waals surface area contributed by atoms with Gasteiger partial charge in [0.05, 0.1) is 0 Å². The van der Waals surface area contributed by atoms with Crippen LogP contribution in [0.4, 0.5) is 5.69 Å². The Morgan fingerprint density at radius 2 is 2.06 bits per heavy atom. The molecule has 0 aromatic heterocycles. The predicted molar refractivity (Wildman–Crippen MR) is 71.6 cm³/mol. The predicted octanol–water partition coefficient (Wildman–Crippen LogP) is 3.37. The minimum absolute atomic E-state index is 0.161. The molecule has 2 rings (SSSR count). The maximum atomic E-state index is 11.6. The summed E-state index contributed by atoms with van der Waals surface area (Å²) in [7, 11) is 0. The van der Waals surface area contributed by atoms with E-state index in [2.05, 4.69) is 24.8 Å². The molecule has 1 aliphatic rings. The van der Waals surface area contributed by atoms with E-state index >= 15 is 0 Å². The quantitative estimate of drug-likeness (QED) is 0.743. The van der Waals surface area contributed by atoms with Gasteiger partial charge in [0.25, 0.3) is 0 Å². The Labute approximate surface area is 104 Å². The molecular weight excluding hydrogens is 210 g/mol. The van der Waals surface area contributed by atoms with Gasteiger partial charge in [0.2, 0.25) is 0 Å². The van der Waals surface area contributed by atoms with Gasteiger partial charge in [-0.1, -0.05) is 26.0 Å². The van der Waals surface area contributed by atoms with Gasteiger partial charge < -0.3 is 4.90 Å². The Kier molecular flexibility index (Phi) is 3.51. The molecule has 1 saturated heterocycles. The number of carbonyl (C=O) groups excluding carboxylic acids is 1. The highest BCUT2D eigenvalue weighted by atomic mass is 16.1. The van der Waals surface area contributed by atoms with Gasteiger partial charge in [0, 0.05) is 24.3 Å². The standard InChI is InChI=1S/C15H21NO/c1-11(2)13-8-9-16(10-13)15-7-5-4-6-14(15)12(3)17/h4-7,11,13H,8-10H2,1-3H3. The van der Waals surface area contributed by atoms with Crippen molar-refractivity contribution in [2.45, 2.75) is 27.2 Å². The zero-order chi connectivity index (χ0) is 12.4. The average molecular weight is 231 g/mol. The van der Waals surface area contributed by atoms with Gasteiger partial charge in [0.1, 0.15) is 0 Å². The molecule has 1 fully saturated rings. The second kappa shape index (κ2) is 4.91. The van der Waals surface area contributed by atoms with Crippen LogP contribution in [-0.4, -0.2) is 18.9 Å². The van der Waals surface area contributed by atoms with E-state index in [-0.39, 0.29) is 5.78 Å². The molecule has 0 amide bonds. The summed E-state index contributed by atoms with van der Waals surface area (Å²) in [6, 6.07) is 7.96. The van der Waals surface area contributed by atoms with Crippen molar-refractivity contribution in [3.8, 4) is 0 Å². The fraction of sp³-hybridized carbons (Fsp3) is 0.533. The second-order valence-corrected chi connectivity index (χ2v) is 5.31. The highest BCUT2D eigenvalue weighted by molar-refractivity contribution is 5.99. The van der Waals surface area contributed by atoms with Crippen LogP contribution < -0.4 is 4.90 Å². The first-order valence-corrected chi connectivity index (χ1v) is 6.44. The number of hydrogen-bond donors (Lipinski definition) is 0. The Morgan fingerprint density at radius 1 is 1.35 bits per heavy atom. The van der Waals surface area contributed by atoms with Crippen molar-refractivity contribution in [2.24, 2.45) is 11.8 Å². The Hall–Kier alpha value is -1.31. The number of para-hydroxylation sites is 1. The fourth-order valence-corrected chi connectivity index (χ4v) is 2.60. The number of hydrogen-bond acceptors (Lipinski definition) is 2. The smallest absolute Gasteiger partial charge is 0.161 e. The number of Topliss-reactive ketones (excluding diaryl/α,β-unsaturated/α-hetero) is 1. The molecule has 0 radical (unpaired) electrons. The van der Waals surface area contributed by atoms with Crippen LogP contribution in [0.1, 0.15) is 37.6 Å². The van der Waals surface area contributed by atoms with E-state index in [4.69, 9.17) is 0 Å². The van der Waals surface area contributed by atoms with Crippen LogP contribution in [0.3, 0.4) is 0 Å². The topological polar surface area (TPSA) is 20.3 Å². The second-order valence-electron chi connectivity index (χ2n) is 5.31. The lowest BCUT2D eigenvalue weighted by molar-refractivity contribution is 0.101. The molecule has 0 spiro atoms. The van der Waals surface area contributed by atoms with Gasteiger partial charge in [-0.3, -0.25) is 4.79 Å². The Bertz CT molecular complexity index is 411. The molecule has 1 aliphatic heterocycles. The van der Waals surface area contributed by atoms with E-state index in [1.807, 2.05) is 18.2 Å². The van der Waals surface area contributed by atoms with Gasteiger partial charge in [-0.05, 0) is 37.3 Å². The first-order chi connectivity index (χ1) is 8.09. The van der Waals surface area contributed by atoms with E-state index in [9.17, 15) is 4.79 Å². The van der Waals surface area contributed by atoms with Crippen LogP contribution in [0.2, 0.25) is 0 Å². The van der Waals surface area contributed by atoms with Crippen molar-refractivity contribution in [1.82, 2.24) is 0 Å². The van der Waals surface area contributed by atoms with Gasteiger partial charge in [0.15, 0.2) is 5.78 Å². The summed E-state index contributed by atoms with van der Waals surface area (Å²) in [5, 5.41) is 0. The highest BCUT2D eigenvalue weighted by Gasteiger charge is 2.26. The molecule has 0 bridgehead atoms. The highest BCUT2D eigenvalue weighted by Crippen LogP contribution is 2.30. The SMILES string of the molecule is CC(=O)c1ccccc1N1CCC(C(C)C)C1. The summed E-state index contributed by atoms with van der Waals surface area (Å²) in [6.07, 6.45) is 1.24. The van der Waals surface area contributed by atoms with Crippen LogP contribution in [0.25, 0.3) is 0 Å². The summed E-state index contributed by atoms with van der Waals surface area (Å²) in [4.78, 5) is 14.0. The lowest BCUT2D eigenvalue weighted by Gasteiger charge is -2.22. The van der Waals surface area contributed by atoms with Crippen LogP contribution >= 0.6 is 0 Å². The minimum atomic E-state index is 0.161. The summed E-state index contributed by atoms with van der Waals surface area (Å²) < 4.78 is 0. The van der Waals surface area contributed by atoms with Gasteiger partial charge in [-0.2, -0.15) is 0 Å². The first-order valence-electron chi connectivity index (χ1n) is 6.44. The van der Waals surface area contributed by atoms with Crippen molar-refractivity contribution in [1.29, 1.82) is 0 Å². The number of nitrogens with zero attached hydrogens (tertiary/aromatic N) is 1. The largest absolute Gasteiger partial charge is 0.371 e. The summed E-state index contributed by atoms with van der Waals surface area (Å²) in [5.74, 6) is 1.65.